The molecular formula is C86H51N11. The third-order valence-corrected chi connectivity index (χ3v) is 20.1. The van der Waals surface area contributed by atoms with Crippen molar-refractivity contribution in [2.45, 2.75) is 0 Å². The minimum Gasteiger partial charge on any atom is -0.309 e. The summed E-state index contributed by atoms with van der Waals surface area (Å²) in [6.45, 7) is 0. The van der Waals surface area contributed by atoms with E-state index in [1.54, 1.807) is 0 Å². The van der Waals surface area contributed by atoms with Gasteiger partial charge in [-0.2, -0.15) is 5.26 Å². The van der Waals surface area contributed by atoms with Crippen LogP contribution in [0.4, 0.5) is 0 Å². The van der Waals surface area contributed by atoms with E-state index in [2.05, 4.69) is 317 Å². The molecule has 0 saturated heterocycles. The second-order valence-electron chi connectivity index (χ2n) is 25.0. The van der Waals surface area contributed by atoms with Gasteiger partial charge in [0, 0.05) is 66.5 Å². The summed E-state index contributed by atoms with van der Waals surface area (Å²) in [5.41, 5.74) is 25.1. The minimum atomic E-state index is 0.548. The molecule has 0 bridgehead atoms. The zero-order valence-corrected chi connectivity index (χ0v) is 51.9. The van der Waals surface area contributed by atoms with Crippen molar-refractivity contribution in [2.24, 2.45) is 0 Å². The van der Waals surface area contributed by atoms with Gasteiger partial charge in [-0.25, -0.2) is 15.0 Å². The number of hydrogen-bond donors (Lipinski definition) is 0. The molecule has 11 heteroatoms. The molecule has 0 saturated carbocycles. The quantitative estimate of drug-likeness (QED) is 0.151. The van der Waals surface area contributed by atoms with Gasteiger partial charge in [-0.1, -0.05) is 176 Å². The maximum Gasteiger partial charge on any atom is 0.221 e. The molecule has 0 fully saturated rings. The van der Waals surface area contributed by atoms with Crippen molar-refractivity contribution in [1.82, 2.24) is 46.6 Å². The Labute approximate surface area is 552 Å². The molecule has 0 aliphatic rings. The van der Waals surface area contributed by atoms with Crippen LogP contribution in [0.1, 0.15) is 5.56 Å². The Morgan fingerprint density at radius 2 is 0.763 bits per heavy atom. The Kier molecular flexibility index (Phi) is 11.0. The second-order valence-corrected chi connectivity index (χ2v) is 25.0. The zero-order valence-electron chi connectivity index (χ0n) is 51.9. The lowest BCUT2D eigenvalue weighted by molar-refractivity contribution is 1.04. The number of imidazole rings is 4. The van der Waals surface area contributed by atoms with Crippen molar-refractivity contribution in [3.05, 3.63) is 315 Å². The van der Waals surface area contributed by atoms with Gasteiger partial charge in [0.15, 0.2) is 0 Å². The van der Waals surface area contributed by atoms with E-state index < -0.39 is 0 Å². The third-order valence-electron chi connectivity index (χ3n) is 20.1. The number of nitrogens with zero attached hydrogens (tertiary/aromatic N) is 11. The van der Waals surface area contributed by atoms with Gasteiger partial charge in [0.1, 0.15) is 11.9 Å². The van der Waals surface area contributed by atoms with Crippen LogP contribution >= 0.6 is 0 Å². The van der Waals surface area contributed by atoms with Crippen LogP contribution in [0.25, 0.3) is 183 Å². The molecule has 0 radical (unpaired) electrons. The van der Waals surface area contributed by atoms with E-state index in [0.717, 1.165) is 172 Å². The molecular weight excluding hydrogens is 1190 g/mol. The predicted molar refractivity (Wildman–Crippen MR) is 394 cm³/mol. The fraction of sp³-hybridized carbons (Fsp3) is 0. The highest BCUT2D eigenvalue weighted by atomic mass is 15.2. The largest absolute Gasteiger partial charge is 0.309 e. The fourth-order valence-electron chi connectivity index (χ4n) is 16.1. The molecule has 21 rings (SSSR count). The Hall–Kier alpha value is -13.6. The molecule has 0 atom stereocenters. The molecule has 0 aliphatic carbocycles. The van der Waals surface area contributed by atoms with Crippen molar-refractivity contribution in [3.8, 4) is 68.0 Å². The Morgan fingerprint density at radius 3 is 1.44 bits per heavy atom. The van der Waals surface area contributed by atoms with Gasteiger partial charge in [-0.3, -0.25) is 17.9 Å². The van der Waals surface area contributed by atoms with Crippen LogP contribution in [-0.2, 0) is 0 Å². The first-order valence-corrected chi connectivity index (χ1v) is 32.7. The normalized spacial score (nSPS) is 12.1. The zero-order chi connectivity index (χ0) is 63.6. The number of hydrogen-bond acceptors (Lipinski definition) is 4. The smallest absolute Gasteiger partial charge is 0.221 e. The summed E-state index contributed by atoms with van der Waals surface area (Å²) in [6, 6.07) is 111. The average Bonchev–Trinajstić information content (AvgIpc) is 1.58. The van der Waals surface area contributed by atoms with Crippen LogP contribution in [-0.4, -0.2) is 46.6 Å². The first-order chi connectivity index (χ1) is 48.1. The first-order valence-electron chi connectivity index (χ1n) is 32.7. The SMILES string of the molecule is N#Cc1cccc(-c2ccccc2-n2c3ccccc3c3ccccc32)c1-n1c2ccccc2n2c3cc(-c4cccc5c4c4ccccc4n5-c4ccc5c(c4)c4ccccc4n5-c4ccccc4-c4cccnc4-n4c5ccccc5n5c6ccccc6nc45)ccc3nc12. The standard InChI is InChI=1S/C86H51N11/c87-52-54-22-19-30-62(59-25-3-10-35-70(59)92-68-33-8-1-23-57(68)58-24-2-9-34-69(58)92)83(54)96-78-42-17-15-40-76(78)95-81-50-53(45-47-67(81)90-85(95)96)56-29-20-44-80-82(56)64-28-6-13-38-73(64)91(80)55-46-48-74-65(51-55)61-27-5-12-37-72(61)93(74)71-36-11-4-26-60(71)63-31-21-49-88-84(63)97-79-43-18-16-41-77(79)94-75-39-14-7-32-66(75)89-86(94)97/h1-51H. The molecule has 0 spiro atoms. The van der Waals surface area contributed by atoms with Crippen molar-refractivity contribution in [2.75, 3.05) is 0 Å². The molecule has 13 aromatic carbocycles. The van der Waals surface area contributed by atoms with Crippen LogP contribution in [0.15, 0.2) is 310 Å². The number of fused-ring (bicyclic) bond motifs is 19. The number of pyridine rings is 1. The molecule has 0 unspecified atom stereocenters. The van der Waals surface area contributed by atoms with Crippen LogP contribution in [0.2, 0.25) is 0 Å². The van der Waals surface area contributed by atoms with E-state index in [9.17, 15) is 5.26 Å². The number of para-hydroxylation sites is 13. The number of benzene rings is 13. The molecule has 21 aromatic rings. The number of nitriles is 1. The van der Waals surface area contributed by atoms with Crippen LogP contribution in [0.3, 0.4) is 0 Å². The number of aromatic nitrogens is 10. The summed E-state index contributed by atoms with van der Waals surface area (Å²) in [5, 5.41) is 18.2. The van der Waals surface area contributed by atoms with E-state index in [-0.39, 0.29) is 0 Å². The monoisotopic (exact) mass is 1240 g/mol. The fourth-order valence-corrected chi connectivity index (χ4v) is 16.1. The Morgan fingerprint density at radius 1 is 0.289 bits per heavy atom. The molecule has 11 nitrogen and oxygen atoms in total. The molecule has 450 valence electrons. The predicted octanol–water partition coefficient (Wildman–Crippen LogP) is 20.7. The summed E-state index contributed by atoms with van der Waals surface area (Å²) < 4.78 is 16.2. The van der Waals surface area contributed by atoms with E-state index >= 15 is 0 Å². The van der Waals surface area contributed by atoms with Crippen LogP contribution in [0.5, 0.6) is 0 Å². The molecule has 0 amide bonds. The number of rotatable bonds is 8. The van der Waals surface area contributed by atoms with Gasteiger partial charge < -0.3 is 13.7 Å². The van der Waals surface area contributed by atoms with Crippen molar-refractivity contribution >= 4 is 121 Å². The maximum atomic E-state index is 11.2. The molecule has 0 aliphatic heterocycles. The summed E-state index contributed by atoms with van der Waals surface area (Å²) in [5.74, 6) is 2.34. The lowest BCUT2D eigenvalue weighted by Crippen LogP contribution is -2.04. The van der Waals surface area contributed by atoms with Crippen LogP contribution in [0, 0.1) is 11.3 Å². The highest BCUT2D eigenvalue weighted by Gasteiger charge is 2.28. The van der Waals surface area contributed by atoms with E-state index in [1.807, 2.05) is 30.5 Å². The Balaban J connectivity index is 0.716. The third kappa shape index (κ3) is 7.40. The highest BCUT2D eigenvalue weighted by molar-refractivity contribution is 6.17. The molecule has 97 heavy (non-hydrogen) atoms. The Bertz CT molecular complexity index is 6930. The maximum absolute atomic E-state index is 11.2. The van der Waals surface area contributed by atoms with Gasteiger partial charge in [0.05, 0.1) is 99.9 Å². The van der Waals surface area contributed by atoms with Crippen LogP contribution < -0.4 is 0 Å². The topological polar surface area (TPSA) is 95.9 Å². The highest BCUT2D eigenvalue weighted by Crippen LogP contribution is 2.46. The van der Waals surface area contributed by atoms with Gasteiger partial charge in [0.25, 0.3) is 0 Å². The minimum absolute atomic E-state index is 0.548. The summed E-state index contributed by atoms with van der Waals surface area (Å²) >= 11 is 0. The van der Waals surface area contributed by atoms with Gasteiger partial charge in [0.2, 0.25) is 11.6 Å². The lowest BCUT2D eigenvalue weighted by atomic mass is 9.98. The second kappa shape index (κ2) is 20.2. The molecule has 8 aromatic heterocycles. The van der Waals surface area contributed by atoms with E-state index in [1.165, 1.54) is 10.8 Å². The lowest BCUT2D eigenvalue weighted by Gasteiger charge is -2.18. The summed E-state index contributed by atoms with van der Waals surface area (Å²) in [7, 11) is 0. The van der Waals surface area contributed by atoms with Gasteiger partial charge in [-0.15, -0.1) is 0 Å². The molecule has 8 heterocycles. The van der Waals surface area contributed by atoms with E-state index in [4.69, 9.17) is 15.0 Å². The summed E-state index contributed by atoms with van der Waals surface area (Å²) in [4.78, 5) is 15.9. The summed E-state index contributed by atoms with van der Waals surface area (Å²) in [6.07, 6.45) is 1.88. The van der Waals surface area contributed by atoms with Gasteiger partial charge >= 0.3 is 0 Å². The van der Waals surface area contributed by atoms with Crippen molar-refractivity contribution in [1.29, 1.82) is 5.26 Å². The van der Waals surface area contributed by atoms with Crippen molar-refractivity contribution < 1.29 is 0 Å². The van der Waals surface area contributed by atoms with E-state index in [0.29, 0.717) is 5.56 Å². The average molecular weight is 1240 g/mol. The van der Waals surface area contributed by atoms with Crippen molar-refractivity contribution in [3.63, 3.8) is 0 Å². The first kappa shape index (κ1) is 53.0. The van der Waals surface area contributed by atoms with Gasteiger partial charge in [-0.05, 0) is 139 Å². The molecule has 0 N–H and O–H groups in total.